The molecule has 1 atom stereocenters. The van der Waals surface area contributed by atoms with Crippen LogP contribution in [-0.2, 0) is 16.0 Å². The average Bonchev–Trinajstić information content (AvgIpc) is 3.11. The zero-order valence-corrected chi connectivity index (χ0v) is 13.7. The fraction of sp³-hybridized carbons (Fsp3) is 0.444. The van der Waals surface area contributed by atoms with Gasteiger partial charge in [-0.1, -0.05) is 0 Å². The van der Waals surface area contributed by atoms with E-state index >= 15 is 0 Å². The Morgan fingerprint density at radius 2 is 2.08 bits per heavy atom. The fourth-order valence-corrected chi connectivity index (χ4v) is 3.39. The van der Waals surface area contributed by atoms with Gasteiger partial charge in [0.25, 0.3) is 0 Å². The summed E-state index contributed by atoms with van der Waals surface area (Å²) in [6.45, 7) is 3.36. The molecule has 4 rings (SSSR count). The van der Waals surface area contributed by atoms with Gasteiger partial charge in [-0.15, -0.1) is 0 Å². The Labute approximate surface area is 140 Å². The molecule has 0 radical (unpaired) electrons. The Hall–Kier alpha value is -2.34. The van der Waals surface area contributed by atoms with E-state index in [1.54, 1.807) is 17.3 Å². The zero-order valence-electron chi connectivity index (χ0n) is 13.7. The molecule has 0 aromatic carbocycles. The summed E-state index contributed by atoms with van der Waals surface area (Å²) in [5.74, 6) is 1.51. The Bertz CT molecular complexity index is 757. The molecule has 2 aliphatic heterocycles. The highest BCUT2D eigenvalue weighted by molar-refractivity contribution is 5.95. The molecule has 1 saturated heterocycles. The number of aromatic nitrogens is 3. The number of pyridine rings is 1. The predicted molar refractivity (Wildman–Crippen MR) is 89.6 cm³/mol. The number of anilines is 1. The molecule has 0 unspecified atom stereocenters. The van der Waals surface area contributed by atoms with Crippen molar-refractivity contribution in [2.24, 2.45) is 0 Å². The maximum atomic E-state index is 12.5. The summed E-state index contributed by atoms with van der Waals surface area (Å²) in [5, 5.41) is 0. The predicted octanol–water partition coefficient (Wildman–Crippen LogP) is 2.31. The molecule has 0 N–H and O–H groups in total. The van der Waals surface area contributed by atoms with Crippen LogP contribution in [0.4, 0.5) is 5.82 Å². The van der Waals surface area contributed by atoms with Crippen LogP contribution in [0, 0.1) is 6.92 Å². The van der Waals surface area contributed by atoms with Crippen LogP contribution in [0.2, 0.25) is 0 Å². The van der Waals surface area contributed by atoms with E-state index in [2.05, 4.69) is 9.97 Å². The summed E-state index contributed by atoms with van der Waals surface area (Å²) < 4.78 is 5.72. The van der Waals surface area contributed by atoms with Crippen molar-refractivity contribution in [2.45, 2.75) is 38.7 Å². The van der Waals surface area contributed by atoms with Crippen molar-refractivity contribution in [3.8, 4) is 11.4 Å². The van der Waals surface area contributed by atoms with Crippen molar-refractivity contribution in [1.82, 2.24) is 15.0 Å². The molecule has 4 heterocycles. The van der Waals surface area contributed by atoms with Crippen molar-refractivity contribution >= 4 is 11.7 Å². The molecule has 0 aliphatic carbocycles. The van der Waals surface area contributed by atoms with Gasteiger partial charge in [0.2, 0.25) is 5.91 Å². The van der Waals surface area contributed by atoms with E-state index in [1.807, 2.05) is 19.1 Å². The van der Waals surface area contributed by atoms with Crippen LogP contribution in [0.25, 0.3) is 11.4 Å². The Kier molecular flexibility index (Phi) is 3.98. The molecule has 0 bridgehead atoms. The molecular formula is C18H20N4O2. The molecule has 2 aromatic rings. The smallest absolute Gasteiger partial charge is 0.228 e. The lowest BCUT2D eigenvalue weighted by molar-refractivity contribution is -0.119. The van der Waals surface area contributed by atoms with E-state index in [9.17, 15) is 4.79 Å². The Balaban J connectivity index is 1.74. The van der Waals surface area contributed by atoms with Gasteiger partial charge in [0, 0.05) is 42.2 Å². The van der Waals surface area contributed by atoms with Crippen molar-refractivity contribution in [2.75, 3.05) is 18.1 Å². The van der Waals surface area contributed by atoms with Crippen LogP contribution in [0.1, 0.15) is 30.5 Å². The number of hydrogen-bond donors (Lipinski definition) is 0. The summed E-state index contributed by atoms with van der Waals surface area (Å²) in [4.78, 5) is 27.7. The molecule has 6 nitrogen and oxygen atoms in total. The first-order valence-electron chi connectivity index (χ1n) is 8.42. The zero-order chi connectivity index (χ0) is 16.5. The Morgan fingerprint density at radius 1 is 1.25 bits per heavy atom. The summed E-state index contributed by atoms with van der Waals surface area (Å²) >= 11 is 0. The normalized spacial score (nSPS) is 20.3. The summed E-state index contributed by atoms with van der Waals surface area (Å²) in [6.07, 6.45) is 6.84. The van der Waals surface area contributed by atoms with E-state index in [0.29, 0.717) is 25.2 Å². The second kappa shape index (κ2) is 6.28. The average molecular weight is 324 g/mol. The van der Waals surface area contributed by atoms with Crippen molar-refractivity contribution in [1.29, 1.82) is 0 Å². The molecule has 2 aliphatic rings. The number of hydrogen-bond acceptors (Lipinski definition) is 5. The maximum Gasteiger partial charge on any atom is 0.228 e. The molecule has 124 valence electrons. The first-order chi connectivity index (χ1) is 11.7. The van der Waals surface area contributed by atoms with Gasteiger partial charge in [-0.3, -0.25) is 14.7 Å². The SMILES string of the molecule is Cc1nc(-c2ccncc2)nc2c1CCC(=O)N2C[C@H]1CCCO1. The van der Waals surface area contributed by atoms with Gasteiger partial charge in [-0.05, 0) is 38.3 Å². The van der Waals surface area contributed by atoms with Crippen molar-refractivity contribution in [3.05, 3.63) is 35.8 Å². The number of rotatable bonds is 3. The molecule has 1 amide bonds. The minimum Gasteiger partial charge on any atom is -0.376 e. The van der Waals surface area contributed by atoms with E-state index in [-0.39, 0.29) is 12.0 Å². The van der Waals surface area contributed by atoms with Gasteiger partial charge >= 0.3 is 0 Å². The van der Waals surface area contributed by atoms with Gasteiger partial charge in [-0.2, -0.15) is 0 Å². The first-order valence-corrected chi connectivity index (χ1v) is 8.42. The van der Waals surface area contributed by atoms with E-state index < -0.39 is 0 Å². The van der Waals surface area contributed by atoms with Crippen LogP contribution in [0.15, 0.2) is 24.5 Å². The van der Waals surface area contributed by atoms with Crippen LogP contribution >= 0.6 is 0 Å². The second-order valence-corrected chi connectivity index (χ2v) is 6.31. The third kappa shape index (κ3) is 2.78. The lowest BCUT2D eigenvalue weighted by Gasteiger charge is -2.31. The minimum atomic E-state index is 0.111. The third-order valence-corrected chi connectivity index (χ3v) is 4.69. The monoisotopic (exact) mass is 324 g/mol. The summed E-state index contributed by atoms with van der Waals surface area (Å²) in [5.41, 5.74) is 2.92. The summed E-state index contributed by atoms with van der Waals surface area (Å²) in [7, 11) is 0. The van der Waals surface area contributed by atoms with E-state index in [1.165, 1.54) is 0 Å². The van der Waals surface area contributed by atoms with Crippen molar-refractivity contribution in [3.63, 3.8) is 0 Å². The standard InChI is InChI=1S/C18H20N4O2/c1-12-15-4-5-16(23)22(11-14-3-2-10-24-14)18(15)21-17(20-12)13-6-8-19-9-7-13/h6-9,14H,2-5,10-11H2,1H3/t14-/m1/s1. The van der Waals surface area contributed by atoms with Gasteiger partial charge in [0.15, 0.2) is 5.82 Å². The largest absolute Gasteiger partial charge is 0.376 e. The number of nitrogens with zero attached hydrogens (tertiary/aromatic N) is 4. The highest BCUT2D eigenvalue weighted by atomic mass is 16.5. The number of fused-ring (bicyclic) bond motifs is 1. The molecule has 6 heteroatoms. The van der Waals surface area contributed by atoms with Gasteiger partial charge in [0.05, 0.1) is 12.6 Å². The Morgan fingerprint density at radius 3 is 2.83 bits per heavy atom. The topological polar surface area (TPSA) is 68.2 Å². The molecule has 0 spiro atoms. The van der Waals surface area contributed by atoms with E-state index in [0.717, 1.165) is 42.1 Å². The number of amides is 1. The third-order valence-electron chi connectivity index (χ3n) is 4.69. The quantitative estimate of drug-likeness (QED) is 0.866. The van der Waals surface area contributed by atoms with Crippen LogP contribution in [0.3, 0.4) is 0 Å². The first kappa shape index (κ1) is 15.2. The lowest BCUT2D eigenvalue weighted by atomic mass is 10.0. The van der Waals surface area contributed by atoms with Gasteiger partial charge < -0.3 is 4.74 Å². The molecule has 0 saturated carbocycles. The van der Waals surface area contributed by atoms with Crippen LogP contribution < -0.4 is 4.90 Å². The number of carbonyl (C=O) groups is 1. The highest BCUT2D eigenvalue weighted by Crippen LogP contribution is 2.31. The summed E-state index contributed by atoms with van der Waals surface area (Å²) in [6, 6.07) is 3.77. The molecule has 2 aromatic heterocycles. The lowest BCUT2D eigenvalue weighted by Crippen LogP contribution is -2.41. The number of carbonyl (C=O) groups excluding carboxylic acids is 1. The second-order valence-electron chi connectivity index (χ2n) is 6.31. The van der Waals surface area contributed by atoms with Crippen LogP contribution in [-0.4, -0.2) is 40.1 Å². The molecule has 1 fully saturated rings. The highest BCUT2D eigenvalue weighted by Gasteiger charge is 2.31. The van der Waals surface area contributed by atoms with Crippen LogP contribution in [0.5, 0.6) is 0 Å². The maximum absolute atomic E-state index is 12.5. The van der Waals surface area contributed by atoms with E-state index in [4.69, 9.17) is 9.72 Å². The molecule has 24 heavy (non-hydrogen) atoms. The number of aryl methyl sites for hydroxylation is 1. The minimum absolute atomic E-state index is 0.111. The molecular weight excluding hydrogens is 304 g/mol. The van der Waals surface area contributed by atoms with Gasteiger partial charge in [-0.25, -0.2) is 9.97 Å². The number of ether oxygens (including phenoxy) is 1. The van der Waals surface area contributed by atoms with Gasteiger partial charge in [0.1, 0.15) is 5.82 Å². The fourth-order valence-electron chi connectivity index (χ4n) is 3.39. The van der Waals surface area contributed by atoms with Crippen molar-refractivity contribution < 1.29 is 9.53 Å².